The third-order valence-corrected chi connectivity index (χ3v) is 3.51. The Morgan fingerprint density at radius 3 is 2.56 bits per heavy atom. The van der Waals surface area contributed by atoms with Crippen LogP contribution >= 0.6 is 11.6 Å². The fourth-order valence-corrected chi connectivity index (χ4v) is 1.87. The first-order valence-electron chi connectivity index (χ1n) is 5.68. The van der Waals surface area contributed by atoms with Gasteiger partial charge in [-0.15, -0.1) is 11.6 Å². The van der Waals surface area contributed by atoms with Gasteiger partial charge in [0, 0.05) is 12.0 Å². The lowest BCUT2D eigenvalue weighted by Crippen LogP contribution is -2.35. The van der Waals surface area contributed by atoms with Gasteiger partial charge in [0.15, 0.2) is 0 Å². The van der Waals surface area contributed by atoms with Crippen LogP contribution in [-0.4, -0.2) is 17.3 Å². The number of rotatable bonds is 4. The minimum atomic E-state index is -0.483. The quantitative estimate of drug-likeness (QED) is 0.802. The molecule has 0 radical (unpaired) electrons. The fraction of sp³-hybridized carbons (Fsp3) is 0.462. The molecule has 0 saturated heterocycles. The summed E-state index contributed by atoms with van der Waals surface area (Å²) in [5.41, 5.74) is 1.11. The van der Waals surface area contributed by atoms with E-state index in [1.165, 1.54) is 0 Å². The highest BCUT2D eigenvalue weighted by molar-refractivity contribution is 6.31. The second-order valence-electron chi connectivity index (χ2n) is 4.38. The smallest absolute Gasteiger partial charge is 0.238 e. The summed E-state index contributed by atoms with van der Waals surface area (Å²) in [4.78, 5) is 11.8. The van der Waals surface area contributed by atoms with E-state index in [4.69, 9.17) is 11.6 Å². The highest BCUT2D eigenvalue weighted by atomic mass is 35.5. The minimum absolute atomic E-state index is 0.0412. The Hall–Kier alpha value is -1.02. The molecule has 86 valence electrons. The van der Waals surface area contributed by atoms with Gasteiger partial charge in [-0.2, -0.15) is 0 Å². The lowest BCUT2D eigenvalue weighted by atomic mass is 9.97. The van der Waals surface area contributed by atoms with Gasteiger partial charge in [-0.25, -0.2) is 0 Å². The molecule has 0 aliphatic heterocycles. The van der Waals surface area contributed by atoms with Crippen molar-refractivity contribution in [2.45, 2.75) is 37.1 Å². The van der Waals surface area contributed by atoms with Gasteiger partial charge in [0.1, 0.15) is 5.38 Å². The second kappa shape index (κ2) is 4.88. The molecule has 2 nitrogen and oxygen atoms in total. The molecular weight excluding hydrogens is 222 g/mol. The number of alkyl halides is 1. The lowest BCUT2D eigenvalue weighted by Gasteiger charge is -2.17. The van der Waals surface area contributed by atoms with E-state index in [0.717, 1.165) is 18.4 Å². The van der Waals surface area contributed by atoms with Crippen molar-refractivity contribution in [2.75, 3.05) is 0 Å². The highest BCUT2D eigenvalue weighted by Gasteiger charge is 2.29. The molecule has 2 atom stereocenters. The van der Waals surface area contributed by atoms with Gasteiger partial charge in [0.25, 0.3) is 0 Å². The molecule has 2 unspecified atom stereocenters. The zero-order valence-electron chi connectivity index (χ0n) is 9.32. The molecule has 1 fully saturated rings. The largest absolute Gasteiger partial charge is 0.352 e. The predicted octanol–water partition coefficient (Wildman–Crippen LogP) is 2.68. The predicted molar refractivity (Wildman–Crippen MR) is 65.7 cm³/mol. The van der Waals surface area contributed by atoms with Gasteiger partial charge in [-0.3, -0.25) is 4.79 Å². The summed E-state index contributed by atoms with van der Waals surface area (Å²) in [7, 11) is 0. The van der Waals surface area contributed by atoms with Crippen LogP contribution in [0.1, 0.15) is 31.2 Å². The Balaban J connectivity index is 1.97. The van der Waals surface area contributed by atoms with Gasteiger partial charge in [0.05, 0.1) is 0 Å². The average Bonchev–Trinajstić information content (AvgIpc) is 3.12. The SMILES string of the molecule is CC(c1ccccc1)C(Cl)C(=O)NC1CC1. The summed E-state index contributed by atoms with van der Waals surface area (Å²) in [5.74, 6) is 0.00198. The van der Waals surface area contributed by atoms with Crippen LogP contribution < -0.4 is 5.32 Å². The number of hydrogen-bond donors (Lipinski definition) is 1. The molecule has 0 aromatic heterocycles. The van der Waals surface area contributed by atoms with Gasteiger partial charge in [-0.1, -0.05) is 37.3 Å². The number of hydrogen-bond acceptors (Lipinski definition) is 1. The number of amides is 1. The zero-order valence-corrected chi connectivity index (χ0v) is 10.1. The molecule has 3 heteroatoms. The monoisotopic (exact) mass is 237 g/mol. The van der Waals surface area contributed by atoms with Crippen molar-refractivity contribution in [1.82, 2.24) is 5.32 Å². The van der Waals surface area contributed by atoms with Crippen molar-refractivity contribution in [3.63, 3.8) is 0 Å². The molecule has 0 bridgehead atoms. The van der Waals surface area contributed by atoms with Crippen molar-refractivity contribution in [3.8, 4) is 0 Å². The highest BCUT2D eigenvalue weighted by Crippen LogP contribution is 2.25. The maximum absolute atomic E-state index is 11.8. The number of nitrogens with one attached hydrogen (secondary N) is 1. The number of halogens is 1. The van der Waals surface area contributed by atoms with Gasteiger partial charge < -0.3 is 5.32 Å². The standard InChI is InChI=1S/C13H16ClNO/c1-9(10-5-3-2-4-6-10)12(14)13(16)15-11-7-8-11/h2-6,9,11-12H,7-8H2,1H3,(H,15,16). The molecule has 1 saturated carbocycles. The molecule has 2 rings (SSSR count). The molecule has 1 aliphatic carbocycles. The Kier molecular flexibility index (Phi) is 3.49. The van der Waals surface area contributed by atoms with Crippen LogP contribution in [0.3, 0.4) is 0 Å². The van der Waals surface area contributed by atoms with Crippen LogP contribution in [0.2, 0.25) is 0 Å². The molecular formula is C13H16ClNO. The maximum atomic E-state index is 11.8. The first kappa shape index (κ1) is 11.5. The van der Waals surface area contributed by atoms with E-state index in [1.807, 2.05) is 37.3 Å². The Bertz CT molecular complexity index is 361. The Morgan fingerprint density at radius 1 is 1.38 bits per heavy atom. The van der Waals surface area contributed by atoms with Crippen molar-refractivity contribution in [1.29, 1.82) is 0 Å². The van der Waals surface area contributed by atoms with Crippen molar-refractivity contribution in [3.05, 3.63) is 35.9 Å². The molecule has 1 aliphatic rings. The molecule has 0 heterocycles. The van der Waals surface area contributed by atoms with Gasteiger partial charge in [0.2, 0.25) is 5.91 Å². The normalized spacial score (nSPS) is 18.9. The van der Waals surface area contributed by atoms with Crippen LogP contribution in [0.4, 0.5) is 0 Å². The van der Waals surface area contributed by atoms with Crippen molar-refractivity contribution >= 4 is 17.5 Å². The van der Waals surface area contributed by atoms with E-state index in [1.54, 1.807) is 0 Å². The zero-order chi connectivity index (χ0) is 11.5. The van der Waals surface area contributed by atoms with E-state index in [0.29, 0.717) is 6.04 Å². The molecule has 0 spiro atoms. The van der Waals surface area contributed by atoms with Crippen LogP contribution in [-0.2, 0) is 4.79 Å². The topological polar surface area (TPSA) is 29.1 Å². The number of carbonyl (C=O) groups is 1. The van der Waals surface area contributed by atoms with E-state index in [9.17, 15) is 4.79 Å². The maximum Gasteiger partial charge on any atom is 0.238 e. The average molecular weight is 238 g/mol. The molecule has 1 amide bonds. The third kappa shape index (κ3) is 2.76. The molecule has 16 heavy (non-hydrogen) atoms. The first-order chi connectivity index (χ1) is 7.68. The summed E-state index contributed by atoms with van der Waals surface area (Å²) in [6.45, 7) is 1.99. The third-order valence-electron chi connectivity index (χ3n) is 2.94. The number of benzene rings is 1. The molecule has 1 N–H and O–H groups in total. The van der Waals surface area contributed by atoms with E-state index >= 15 is 0 Å². The van der Waals surface area contributed by atoms with Gasteiger partial charge in [-0.05, 0) is 18.4 Å². The summed E-state index contributed by atoms with van der Waals surface area (Å²) < 4.78 is 0. The van der Waals surface area contributed by atoms with Gasteiger partial charge >= 0.3 is 0 Å². The molecule has 1 aromatic rings. The Labute approximate surface area is 101 Å². The summed E-state index contributed by atoms with van der Waals surface area (Å²) >= 11 is 6.18. The number of carbonyl (C=O) groups excluding carboxylic acids is 1. The van der Waals surface area contributed by atoms with Crippen molar-refractivity contribution in [2.24, 2.45) is 0 Å². The van der Waals surface area contributed by atoms with E-state index < -0.39 is 5.38 Å². The first-order valence-corrected chi connectivity index (χ1v) is 6.11. The second-order valence-corrected chi connectivity index (χ2v) is 4.85. The van der Waals surface area contributed by atoms with Crippen molar-refractivity contribution < 1.29 is 4.79 Å². The summed E-state index contributed by atoms with van der Waals surface area (Å²) in [6, 6.07) is 10.3. The van der Waals surface area contributed by atoms with E-state index in [2.05, 4.69) is 5.32 Å². The van der Waals surface area contributed by atoms with E-state index in [-0.39, 0.29) is 11.8 Å². The molecule has 1 aromatic carbocycles. The van der Waals surface area contributed by atoms with Crippen LogP contribution in [0.5, 0.6) is 0 Å². The minimum Gasteiger partial charge on any atom is -0.352 e. The Morgan fingerprint density at radius 2 is 2.00 bits per heavy atom. The summed E-state index contributed by atoms with van der Waals surface area (Å²) in [5, 5.41) is 2.45. The van der Waals surface area contributed by atoms with Crippen LogP contribution in [0.25, 0.3) is 0 Å². The summed E-state index contributed by atoms with van der Waals surface area (Å²) in [6.07, 6.45) is 2.18. The van der Waals surface area contributed by atoms with Crippen LogP contribution in [0, 0.1) is 0 Å². The fourth-order valence-electron chi connectivity index (χ4n) is 1.66. The van der Waals surface area contributed by atoms with Crippen LogP contribution in [0.15, 0.2) is 30.3 Å². The lowest BCUT2D eigenvalue weighted by molar-refractivity contribution is -0.121.